The van der Waals surface area contributed by atoms with E-state index in [0.717, 1.165) is 10.5 Å². The van der Waals surface area contributed by atoms with E-state index in [1.54, 1.807) is 51.6 Å². The molecule has 0 spiro atoms. The zero-order valence-corrected chi connectivity index (χ0v) is 32.0. The van der Waals surface area contributed by atoms with Crippen LogP contribution in [0.2, 0.25) is 0 Å². The number of carbonyl (C=O) groups is 3. The Labute approximate surface area is 310 Å². The third kappa shape index (κ3) is 27.7. The smallest absolute Gasteiger partial charge is 0.330 e. The molecular weight excluding hydrogens is 759 g/mol. The van der Waals surface area contributed by atoms with Gasteiger partial charge in [0.2, 0.25) is 0 Å². The lowest BCUT2D eigenvalue weighted by Gasteiger charge is -2.10. The molecule has 0 unspecified atom stereocenters. The van der Waals surface area contributed by atoms with Crippen molar-refractivity contribution in [2.45, 2.75) is 33.2 Å². The van der Waals surface area contributed by atoms with Gasteiger partial charge >= 0.3 is 35.9 Å². The van der Waals surface area contributed by atoms with Crippen LogP contribution in [0.5, 0.6) is 18.0 Å². The standard InChI is InChI=1S/C10H15N3O3.C10H12N2O3.C5H5BrN2O.C5H8O2.CH3FS.H3N/c1-3-16-9(14)4-8(11)7-5-12-10(15-2)13-6-7;1-3-15-9(13)5-4-8-6-11-10(14-2)12-7-8;1-9-5-7-2-4(6)3-8-5;1-3-5(6)7-4-2;1-3-2;/h5-6,8H,3-4,11H2,1-2H3;4-7H,3H2,1-2H3;2-3H,1H3;3H,1,4H2,2H3;1H3;1H3/b;5-4+;;;;/t8-;;;;;/m0...../s1. The Balaban J connectivity index is -0.000000608. The van der Waals surface area contributed by atoms with Crippen LogP contribution in [0.1, 0.15) is 44.4 Å². The van der Waals surface area contributed by atoms with Gasteiger partial charge in [-0.1, -0.05) is 6.58 Å². The topological polar surface area (TPSA) is 245 Å². The van der Waals surface area contributed by atoms with Gasteiger partial charge in [-0.05, 0) is 42.8 Å². The summed E-state index contributed by atoms with van der Waals surface area (Å²) in [6, 6.07) is 0.499. The molecule has 0 saturated heterocycles. The van der Waals surface area contributed by atoms with Crippen LogP contribution < -0.4 is 26.1 Å². The number of aromatic nitrogens is 6. The molecule has 0 aliphatic carbocycles. The lowest BCUT2D eigenvalue weighted by atomic mass is 10.1. The summed E-state index contributed by atoms with van der Waals surface area (Å²) in [6.45, 7) is 9.59. The monoisotopic (exact) mass is 804 g/mol. The first-order valence-electron chi connectivity index (χ1n) is 14.4. The molecule has 0 aromatic carbocycles. The van der Waals surface area contributed by atoms with Crippen molar-refractivity contribution in [3.8, 4) is 18.0 Å². The highest BCUT2D eigenvalue weighted by molar-refractivity contribution is 9.10. The van der Waals surface area contributed by atoms with Crippen LogP contribution >= 0.6 is 28.1 Å². The van der Waals surface area contributed by atoms with Gasteiger partial charge in [0.1, 0.15) is 0 Å². The second-order valence-corrected chi connectivity index (χ2v) is 9.43. The predicted octanol–water partition coefficient (Wildman–Crippen LogP) is 4.88. The van der Waals surface area contributed by atoms with Crippen LogP contribution in [0.4, 0.5) is 3.89 Å². The minimum atomic E-state index is -0.454. The number of hydrogen-bond acceptors (Lipinski definition) is 18. The third-order valence-corrected chi connectivity index (χ3v) is 5.12. The van der Waals surface area contributed by atoms with Crippen molar-refractivity contribution in [2.75, 3.05) is 47.4 Å². The number of methoxy groups -OCH3 is 3. The Bertz CT molecular complexity index is 1380. The van der Waals surface area contributed by atoms with E-state index in [1.165, 1.54) is 46.1 Å². The highest BCUT2D eigenvalue weighted by atomic mass is 79.9. The molecule has 284 valence electrons. The molecule has 3 aromatic heterocycles. The molecule has 0 fully saturated rings. The van der Waals surface area contributed by atoms with Crippen molar-refractivity contribution in [1.82, 2.24) is 36.1 Å². The summed E-state index contributed by atoms with van der Waals surface area (Å²) in [5.41, 5.74) is 7.18. The van der Waals surface area contributed by atoms with Crippen LogP contribution in [0.3, 0.4) is 0 Å². The molecule has 51 heavy (non-hydrogen) atoms. The zero-order valence-electron chi connectivity index (χ0n) is 29.6. The van der Waals surface area contributed by atoms with Gasteiger partial charge in [-0.25, -0.2) is 39.5 Å². The normalized spacial score (nSPS) is 9.76. The predicted molar refractivity (Wildman–Crippen MR) is 194 cm³/mol. The number of nitrogens with zero attached hydrogens (tertiary/aromatic N) is 6. The number of esters is 3. The van der Waals surface area contributed by atoms with E-state index in [1.807, 2.05) is 0 Å². The zero-order chi connectivity index (χ0) is 38.2. The molecule has 3 rings (SSSR count). The number of ether oxygens (including phenoxy) is 6. The van der Waals surface area contributed by atoms with Crippen molar-refractivity contribution in [3.63, 3.8) is 0 Å². The van der Waals surface area contributed by atoms with Crippen LogP contribution in [-0.2, 0) is 28.6 Å². The molecule has 3 aromatic rings. The minimum absolute atomic E-state index is 0. The first-order chi connectivity index (χ1) is 24.0. The SMILES string of the molecule is C=CC(=O)OCC.CCOC(=O)/C=C/c1cnc(OC)nc1.CCOC(=O)C[C@H](N)c1cnc(OC)nc1.COc1ncc(Br)cn1.CSF.N. The van der Waals surface area contributed by atoms with Crippen LogP contribution in [0, 0.1) is 0 Å². The Kier molecular flexibility index (Phi) is 33.4. The Morgan fingerprint density at radius 3 is 1.57 bits per heavy atom. The van der Waals surface area contributed by atoms with E-state index in [-0.39, 0.29) is 48.6 Å². The summed E-state index contributed by atoms with van der Waals surface area (Å²) in [5, 5.41) is 0. The average molecular weight is 806 g/mol. The maximum atomic E-state index is 11.2. The summed E-state index contributed by atoms with van der Waals surface area (Å²) in [6.07, 6.45) is 15.0. The van der Waals surface area contributed by atoms with Crippen molar-refractivity contribution < 1.29 is 46.7 Å². The number of rotatable bonds is 12. The number of nitrogens with two attached hydrogens (primary N) is 1. The molecule has 20 heteroatoms. The van der Waals surface area contributed by atoms with Gasteiger partial charge in [0, 0.05) is 84.9 Å². The molecule has 1 atom stereocenters. The highest BCUT2D eigenvalue weighted by Crippen LogP contribution is 2.14. The van der Waals surface area contributed by atoms with E-state index in [9.17, 15) is 18.3 Å². The van der Waals surface area contributed by atoms with Crippen LogP contribution in [-0.4, -0.2) is 95.2 Å². The van der Waals surface area contributed by atoms with Gasteiger partial charge in [-0.3, -0.25) is 4.79 Å². The second-order valence-electron chi connectivity index (χ2n) is 8.21. The first kappa shape index (κ1) is 50.6. The maximum absolute atomic E-state index is 11.2. The minimum Gasteiger partial charge on any atom is -0.467 e. The Hall–Kier alpha value is -4.79. The molecule has 3 heterocycles. The lowest BCUT2D eigenvalue weighted by Crippen LogP contribution is -2.17. The molecule has 0 aliphatic rings. The second kappa shape index (κ2) is 33.7. The summed E-state index contributed by atoms with van der Waals surface area (Å²) in [7, 11) is 4.50. The fourth-order valence-corrected chi connectivity index (χ4v) is 2.82. The van der Waals surface area contributed by atoms with E-state index in [4.69, 9.17) is 29.4 Å². The molecule has 0 radical (unpaired) electrons. The van der Waals surface area contributed by atoms with E-state index in [2.05, 4.69) is 57.1 Å². The van der Waals surface area contributed by atoms with Gasteiger partial charge in [0.05, 0.1) is 52.0 Å². The molecule has 17 nitrogen and oxygen atoms in total. The summed E-state index contributed by atoms with van der Waals surface area (Å²) in [5.74, 6) is -1.07. The first-order valence-corrected chi connectivity index (χ1v) is 16.3. The number of hydrogen-bond donors (Lipinski definition) is 2. The Morgan fingerprint density at radius 2 is 1.20 bits per heavy atom. The summed E-state index contributed by atoms with van der Waals surface area (Å²) >= 11 is 3.44. The van der Waals surface area contributed by atoms with Gasteiger partial charge in [0.15, 0.2) is 0 Å². The van der Waals surface area contributed by atoms with Gasteiger partial charge in [-0.2, -0.15) is 3.89 Å². The van der Waals surface area contributed by atoms with Crippen molar-refractivity contribution in [3.05, 3.63) is 71.5 Å². The van der Waals surface area contributed by atoms with E-state index >= 15 is 0 Å². The summed E-state index contributed by atoms with van der Waals surface area (Å²) in [4.78, 5) is 55.4. The van der Waals surface area contributed by atoms with E-state index in [0.29, 0.717) is 43.0 Å². The van der Waals surface area contributed by atoms with Crippen LogP contribution in [0.25, 0.3) is 6.08 Å². The molecule has 0 saturated carbocycles. The molecule has 0 amide bonds. The number of halogens is 2. The van der Waals surface area contributed by atoms with Crippen molar-refractivity contribution in [1.29, 1.82) is 0 Å². The van der Waals surface area contributed by atoms with Crippen molar-refractivity contribution >= 4 is 52.1 Å². The van der Waals surface area contributed by atoms with Crippen molar-refractivity contribution in [2.24, 2.45) is 5.73 Å². The van der Waals surface area contributed by atoms with Gasteiger partial charge in [0.25, 0.3) is 0 Å². The third-order valence-electron chi connectivity index (χ3n) is 4.71. The lowest BCUT2D eigenvalue weighted by molar-refractivity contribution is -0.143. The molecular formula is C31H46BrFN8O9S. The van der Waals surface area contributed by atoms with E-state index < -0.39 is 6.04 Å². The fraction of sp³-hybridized carbons (Fsp3) is 0.387. The van der Waals surface area contributed by atoms with Crippen LogP contribution in [0.15, 0.2) is 60.4 Å². The van der Waals surface area contributed by atoms with Gasteiger partial charge < -0.3 is 40.3 Å². The number of carbonyl (C=O) groups excluding carboxylic acids is 3. The highest BCUT2D eigenvalue weighted by Gasteiger charge is 2.13. The summed E-state index contributed by atoms with van der Waals surface area (Å²) < 4.78 is 39.3. The molecule has 0 bridgehead atoms. The fourth-order valence-electron chi connectivity index (χ4n) is 2.62. The molecule has 0 aliphatic heterocycles. The largest absolute Gasteiger partial charge is 0.467 e. The quantitative estimate of drug-likeness (QED) is 0.141. The maximum Gasteiger partial charge on any atom is 0.330 e. The van der Waals surface area contributed by atoms with Gasteiger partial charge in [-0.15, -0.1) is 0 Å². The molecule has 5 N–H and O–H groups in total. The average Bonchev–Trinajstić information content (AvgIpc) is 3.13. The Morgan fingerprint density at radius 1 is 0.804 bits per heavy atom.